The second kappa shape index (κ2) is 14.3. The Kier molecular flexibility index (Phi) is 10.0. The Balaban J connectivity index is 1.35. The molecule has 1 aromatic carbocycles. The number of nitrogens with one attached hydrogen (secondary N) is 2. The number of carbonyl (C=O) groups excluding carboxylic acids is 3. The lowest BCUT2D eigenvalue weighted by atomic mass is 10.0. The van der Waals surface area contributed by atoms with Crippen LogP contribution in [0.4, 0.5) is 4.79 Å². The summed E-state index contributed by atoms with van der Waals surface area (Å²) in [4.78, 5) is 57.9. The molecule has 2 fully saturated rings. The van der Waals surface area contributed by atoms with E-state index >= 15 is 0 Å². The number of rotatable bonds is 6. The summed E-state index contributed by atoms with van der Waals surface area (Å²) in [6, 6.07) is 8.89. The zero-order chi connectivity index (χ0) is 35.6. The molecule has 1 saturated heterocycles. The molecule has 50 heavy (non-hydrogen) atoms. The molecule has 4 unspecified atom stereocenters. The molecule has 6 rings (SSSR count). The number of carboxylic acids is 1. The van der Waals surface area contributed by atoms with Gasteiger partial charge in [-0.3, -0.25) is 9.59 Å². The van der Waals surface area contributed by atoms with Crippen molar-refractivity contribution < 1.29 is 33.8 Å². The maximum atomic E-state index is 14.4. The highest BCUT2D eigenvalue weighted by Crippen LogP contribution is 2.46. The lowest BCUT2D eigenvalue weighted by molar-refractivity contribution is -0.145. The standard InChI is InChI=1S/C36H44N6O7S/c1-35(2,3)49-34(47)37-26-12-9-7-5-6-8-11-23-20-36(23,33(45)46)38-31(43)27-19-24(21-41(27)32(26)44)42-39-29(22-14-16-25(48-4)17-15-22)30(40-42)28-13-10-18-50-28/h8,10-11,13-18,23-24,26-27H,5-7,9,12,19-21H2,1-4H3,(H,37,47)(H,38,43)(H,45,46)/b11-8-/t23?,24-,26?,27?,36?/m1/s1. The number of amides is 3. The fourth-order valence-electron chi connectivity index (χ4n) is 6.70. The van der Waals surface area contributed by atoms with Crippen molar-refractivity contribution in [1.82, 2.24) is 30.5 Å². The van der Waals surface area contributed by atoms with Gasteiger partial charge in [0.2, 0.25) is 11.8 Å². The Morgan fingerprint density at radius 1 is 1.08 bits per heavy atom. The zero-order valence-electron chi connectivity index (χ0n) is 28.8. The number of hydrogen-bond acceptors (Lipinski definition) is 9. The van der Waals surface area contributed by atoms with Crippen LogP contribution in [-0.4, -0.2) is 85.8 Å². The molecule has 1 aliphatic carbocycles. The summed E-state index contributed by atoms with van der Waals surface area (Å²) in [6.45, 7) is 5.31. The van der Waals surface area contributed by atoms with E-state index in [0.717, 1.165) is 29.7 Å². The molecule has 5 atom stereocenters. The second-order valence-electron chi connectivity index (χ2n) is 14.2. The van der Waals surface area contributed by atoms with Crippen LogP contribution in [0.2, 0.25) is 0 Å². The number of thiophene rings is 1. The van der Waals surface area contributed by atoms with E-state index in [-0.39, 0.29) is 25.3 Å². The molecule has 14 heteroatoms. The topological polar surface area (TPSA) is 165 Å². The van der Waals surface area contributed by atoms with Crippen LogP contribution in [0.15, 0.2) is 53.9 Å². The molecule has 0 radical (unpaired) electrons. The van der Waals surface area contributed by atoms with Gasteiger partial charge in [0.1, 0.15) is 40.4 Å². The molecule has 0 bridgehead atoms. The minimum atomic E-state index is -1.44. The minimum absolute atomic E-state index is 0.0768. The Bertz CT molecular complexity index is 1750. The van der Waals surface area contributed by atoms with Gasteiger partial charge in [0.25, 0.3) is 0 Å². The molecule has 13 nitrogen and oxygen atoms in total. The van der Waals surface area contributed by atoms with E-state index in [1.54, 1.807) is 32.7 Å². The summed E-state index contributed by atoms with van der Waals surface area (Å²) < 4.78 is 10.8. The Hall–Kier alpha value is -4.72. The highest BCUT2D eigenvalue weighted by atomic mass is 32.1. The first-order valence-corrected chi connectivity index (χ1v) is 17.9. The normalized spacial score (nSPS) is 26.4. The van der Waals surface area contributed by atoms with Crippen LogP contribution < -0.4 is 15.4 Å². The predicted octanol–water partition coefficient (Wildman–Crippen LogP) is 5.20. The third-order valence-electron chi connectivity index (χ3n) is 9.40. The summed E-state index contributed by atoms with van der Waals surface area (Å²) in [5.74, 6) is -1.76. The van der Waals surface area contributed by atoms with E-state index in [1.165, 1.54) is 16.2 Å². The lowest BCUT2D eigenvalue weighted by Crippen LogP contribution is -2.56. The van der Waals surface area contributed by atoms with Gasteiger partial charge >= 0.3 is 12.1 Å². The molecule has 266 valence electrons. The van der Waals surface area contributed by atoms with Crippen LogP contribution in [0.3, 0.4) is 0 Å². The van der Waals surface area contributed by atoms with Crippen molar-refractivity contribution in [2.45, 2.75) is 95.0 Å². The van der Waals surface area contributed by atoms with Crippen molar-refractivity contribution in [2.75, 3.05) is 13.7 Å². The average molecular weight is 705 g/mol. The van der Waals surface area contributed by atoms with Gasteiger partial charge in [0, 0.05) is 24.4 Å². The number of aromatic nitrogens is 3. The quantitative estimate of drug-likeness (QED) is 0.293. The number of carboxylic acid groups (broad SMARTS) is 1. The number of nitrogens with zero attached hydrogens (tertiary/aromatic N) is 4. The average Bonchev–Trinajstić information content (AvgIpc) is 3.52. The number of hydrogen-bond donors (Lipinski definition) is 3. The predicted molar refractivity (Wildman–Crippen MR) is 186 cm³/mol. The smallest absolute Gasteiger partial charge is 0.408 e. The maximum Gasteiger partial charge on any atom is 0.408 e. The van der Waals surface area contributed by atoms with Crippen LogP contribution >= 0.6 is 11.3 Å². The molecule has 3 aromatic rings. The molecular formula is C36H44N6O7S. The van der Waals surface area contributed by atoms with Crippen LogP contribution in [-0.2, 0) is 19.1 Å². The van der Waals surface area contributed by atoms with E-state index in [0.29, 0.717) is 30.0 Å². The van der Waals surface area contributed by atoms with Crippen LogP contribution in [0.25, 0.3) is 21.8 Å². The zero-order valence-corrected chi connectivity index (χ0v) is 29.6. The van der Waals surface area contributed by atoms with Crippen molar-refractivity contribution in [3.05, 3.63) is 53.9 Å². The van der Waals surface area contributed by atoms with Gasteiger partial charge in [0.15, 0.2) is 0 Å². The van der Waals surface area contributed by atoms with Gasteiger partial charge in [-0.15, -0.1) is 11.3 Å². The minimum Gasteiger partial charge on any atom is -0.497 e. The molecule has 3 amide bonds. The summed E-state index contributed by atoms with van der Waals surface area (Å²) >= 11 is 1.52. The van der Waals surface area contributed by atoms with E-state index in [9.17, 15) is 24.3 Å². The van der Waals surface area contributed by atoms with E-state index < -0.39 is 53.1 Å². The maximum absolute atomic E-state index is 14.4. The third-order valence-corrected chi connectivity index (χ3v) is 10.3. The summed E-state index contributed by atoms with van der Waals surface area (Å²) in [6.07, 6.45) is 6.94. The molecule has 3 aliphatic rings. The highest BCUT2D eigenvalue weighted by Gasteiger charge is 2.61. The van der Waals surface area contributed by atoms with Gasteiger partial charge in [-0.25, -0.2) is 9.59 Å². The number of alkyl carbamates (subject to hydrolysis) is 1. The van der Waals surface area contributed by atoms with Crippen molar-refractivity contribution in [2.24, 2.45) is 5.92 Å². The molecular weight excluding hydrogens is 660 g/mol. The van der Waals surface area contributed by atoms with Gasteiger partial charge in [-0.05, 0) is 82.2 Å². The summed E-state index contributed by atoms with van der Waals surface area (Å²) in [5, 5.41) is 27.6. The van der Waals surface area contributed by atoms with Crippen molar-refractivity contribution in [3.63, 3.8) is 0 Å². The van der Waals surface area contributed by atoms with Gasteiger partial charge in [-0.2, -0.15) is 15.0 Å². The molecule has 2 aromatic heterocycles. The van der Waals surface area contributed by atoms with Crippen LogP contribution in [0.5, 0.6) is 5.75 Å². The molecule has 1 saturated carbocycles. The van der Waals surface area contributed by atoms with Crippen molar-refractivity contribution in [1.29, 1.82) is 0 Å². The molecule has 2 aliphatic heterocycles. The third kappa shape index (κ3) is 7.54. The van der Waals surface area contributed by atoms with Crippen LogP contribution in [0.1, 0.15) is 71.8 Å². The van der Waals surface area contributed by atoms with E-state index in [1.807, 2.05) is 53.9 Å². The largest absolute Gasteiger partial charge is 0.497 e. The monoisotopic (exact) mass is 704 g/mol. The summed E-state index contributed by atoms with van der Waals surface area (Å²) in [7, 11) is 1.60. The van der Waals surface area contributed by atoms with Crippen molar-refractivity contribution >= 4 is 35.2 Å². The number of fused-ring (bicyclic) bond motifs is 2. The number of methoxy groups -OCH3 is 1. The fourth-order valence-corrected chi connectivity index (χ4v) is 7.41. The number of allylic oxidation sites excluding steroid dienone is 1. The Morgan fingerprint density at radius 3 is 2.52 bits per heavy atom. The fraction of sp³-hybridized carbons (Fsp3) is 0.500. The molecule has 0 spiro atoms. The number of aliphatic carboxylic acids is 1. The van der Waals surface area contributed by atoms with Gasteiger partial charge in [0.05, 0.1) is 18.0 Å². The number of benzene rings is 1. The van der Waals surface area contributed by atoms with E-state index in [2.05, 4.69) is 10.6 Å². The molecule has 3 N–H and O–H groups in total. The first-order valence-electron chi connectivity index (χ1n) is 17.1. The van der Waals surface area contributed by atoms with Gasteiger partial charge < -0.3 is 30.1 Å². The summed E-state index contributed by atoms with van der Waals surface area (Å²) in [5.41, 5.74) is -0.100. The lowest BCUT2D eigenvalue weighted by Gasteiger charge is -2.30. The first kappa shape index (κ1) is 35.1. The second-order valence-corrected chi connectivity index (χ2v) is 15.1. The number of carbonyl (C=O) groups is 4. The number of ether oxygens (including phenoxy) is 2. The van der Waals surface area contributed by atoms with Crippen molar-refractivity contribution in [3.8, 4) is 27.6 Å². The van der Waals surface area contributed by atoms with Crippen LogP contribution in [0, 0.1) is 5.92 Å². The Morgan fingerprint density at radius 2 is 1.84 bits per heavy atom. The Labute approximate surface area is 295 Å². The van der Waals surface area contributed by atoms with E-state index in [4.69, 9.17) is 19.7 Å². The molecule has 4 heterocycles. The first-order chi connectivity index (χ1) is 23.9. The SMILES string of the molecule is COc1ccc(-c2nn([C@@H]3CC4C(=O)NC5(C(=O)O)CC5/C=C\CCCCCC(NC(=O)OC(C)(C)C)C(=O)N4C3)nc2-c2cccs2)cc1. The van der Waals surface area contributed by atoms with Gasteiger partial charge in [-0.1, -0.05) is 31.1 Å². The highest BCUT2D eigenvalue weighted by molar-refractivity contribution is 7.13.